The van der Waals surface area contributed by atoms with Gasteiger partial charge in [0.25, 0.3) is 5.56 Å². The van der Waals surface area contributed by atoms with Crippen LogP contribution < -0.4 is 15.8 Å². The summed E-state index contributed by atoms with van der Waals surface area (Å²) in [6.07, 6.45) is 2.25. The second kappa shape index (κ2) is 8.63. The molecule has 31 heavy (non-hydrogen) atoms. The van der Waals surface area contributed by atoms with Crippen LogP contribution in [-0.4, -0.2) is 34.6 Å². The maximum absolute atomic E-state index is 13.0. The molecular weight excluding hydrogens is 392 g/mol. The minimum Gasteiger partial charge on any atom is -0.371 e. The highest BCUT2D eigenvalue weighted by Gasteiger charge is 2.27. The number of carbonyl (C=O) groups excluding carboxylic acids is 2. The Balaban J connectivity index is 1.45. The molecular formula is C24H26N4O3. The van der Waals surface area contributed by atoms with Crippen molar-refractivity contribution < 1.29 is 9.59 Å². The van der Waals surface area contributed by atoms with Gasteiger partial charge >= 0.3 is 0 Å². The molecule has 0 radical (unpaired) electrons. The van der Waals surface area contributed by atoms with E-state index in [1.807, 2.05) is 56.4 Å². The third kappa shape index (κ3) is 4.03. The standard InChI is InChI=1S/C24H26N4O3/c1-17-22(24(31)28(26(17)2)21-6-4-3-5-7-21)25-23(30)19-12-14-27(15-13-19)20-10-8-18(16-29)9-11-20/h3-11,16,19H,12-15H2,1-2H3,(H,25,30). The maximum Gasteiger partial charge on any atom is 0.295 e. The zero-order valence-corrected chi connectivity index (χ0v) is 17.7. The quantitative estimate of drug-likeness (QED) is 0.646. The highest BCUT2D eigenvalue weighted by molar-refractivity contribution is 5.93. The van der Waals surface area contributed by atoms with Crippen LogP contribution in [0.15, 0.2) is 59.4 Å². The number of aromatic nitrogens is 2. The molecule has 2 heterocycles. The van der Waals surface area contributed by atoms with Gasteiger partial charge in [0.15, 0.2) is 0 Å². The third-order valence-corrected chi connectivity index (χ3v) is 6.06. The monoisotopic (exact) mass is 418 g/mol. The van der Waals surface area contributed by atoms with Crippen LogP contribution in [0.4, 0.5) is 11.4 Å². The lowest BCUT2D eigenvalue weighted by Gasteiger charge is -2.33. The molecule has 1 aromatic heterocycles. The van der Waals surface area contributed by atoms with Crippen LogP contribution in [0.25, 0.3) is 5.69 Å². The lowest BCUT2D eigenvalue weighted by atomic mass is 9.95. The highest BCUT2D eigenvalue weighted by Crippen LogP contribution is 2.25. The summed E-state index contributed by atoms with van der Waals surface area (Å²) in [4.78, 5) is 39.0. The molecule has 1 saturated heterocycles. The number of benzene rings is 2. The SMILES string of the molecule is Cc1c(NC(=O)C2CCN(c3ccc(C=O)cc3)CC2)c(=O)n(-c2ccccc2)n1C. The molecule has 1 aliphatic heterocycles. The van der Waals surface area contributed by atoms with E-state index in [0.29, 0.717) is 24.1 Å². The molecule has 1 N–H and O–H groups in total. The summed E-state index contributed by atoms with van der Waals surface area (Å²) in [5.74, 6) is -0.253. The van der Waals surface area contributed by atoms with Gasteiger partial charge in [-0.1, -0.05) is 18.2 Å². The van der Waals surface area contributed by atoms with Gasteiger partial charge in [0, 0.05) is 37.3 Å². The summed E-state index contributed by atoms with van der Waals surface area (Å²) in [5.41, 5.74) is 3.28. The summed E-state index contributed by atoms with van der Waals surface area (Å²) in [7, 11) is 1.81. The van der Waals surface area contributed by atoms with Crippen LogP contribution in [0.3, 0.4) is 0 Å². The molecule has 160 valence electrons. The van der Waals surface area contributed by atoms with Crippen molar-refractivity contribution in [2.24, 2.45) is 13.0 Å². The van der Waals surface area contributed by atoms with E-state index in [1.165, 1.54) is 0 Å². The molecule has 0 unspecified atom stereocenters. The first kappa shape index (κ1) is 20.7. The largest absolute Gasteiger partial charge is 0.371 e. The fraction of sp³-hybridized carbons (Fsp3) is 0.292. The molecule has 0 spiro atoms. The Morgan fingerprint density at radius 1 is 1.00 bits per heavy atom. The Bertz CT molecular complexity index is 1140. The number of hydrogen-bond donors (Lipinski definition) is 1. The van der Waals surface area contributed by atoms with Crippen molar-refractivity contribution in [3.8, 4) is 5.69 Å². The van der Waals surface area contributed by atoms with Gasteiger partial charge < -0.3 is 10.2 Å². The summed E-state index contributed by atoms with van der Waals surface area (Å²) in [6, 6.07) is 16.9. The van der Waals surface area contributed by atoms with Gasteiger partial charge in [0.2, 0.25) is 5.91 Å². The van der Waals surface area contributed by atoms with Crippen LogP contribution in [-0.2, 0) is 11.8 Å². The third-order valence-electron chi connectivity index (χ3n) is 6.06. The van der Waals surface area contributed by atoms with Gasteiger partial charge in [-0.25, -0.2) is 4.68 Å². The van der Waals surface area contributed by atoms with Gasteiger partial charge in [0.05, 0.1) is 11.4 Å². The van der Waals surface area contributed by atoms with Crippen molar-refractivity contribution in [2.75, 3.05) is 23.3 Å². The van der Waals surface area contributed by atoms with Crippen molar-refractivity contribution in [1.82, 2.24) is 9.36 Å². The lowest BCUT2D eigenvalue weighted by Crippen LogP contribution is -2.38. The molecule has 0 atom stereocenters. The number of nitrogens with zero attached hydrogens (tertiary/aromatic N) is 3. The van der Waals surface area contributed by atoms with E-state index in [9.17, 15) is 14.4 Å². The normalized spacial score (nSPS) is 14.5. The molecule has 7 heteroatoms. The van der Waals surface area contributed by atoms with Crippen molar-refractivity contribution in [3.05, 3.63) is 76.2 Å². The van der Waals surface area contributed by atoms with Crippen LogP contribution in [0.1, 0.15) is 28.9 Å². The van der Waals surface area contributed by atoms with E-state index in [0.717, 1.165) is 36.4 Å². The Hall–Kier alpha value is -3.61. The number of hydrogen-bond acceptors (Lipinski definition) is 4. The average molecular weight is 418 g/mol. The van der Waals surface area contributed by atoms with Crippen LogP contribution in [0.2, 0.25) is 0 Å². The number of rotatable bonds is 5. The summed E-state index contributed by atoms with van der Waals surface area (Å²) in [6.45, 7) is 3.34. The van der Waals surface area contributed by atoms with Gasteiger partial charge in [0.1, 0.15) is 12.0 Å². The second-order valence-electron chi connectivity index (χ2n) is 7.90. The number of piperidine rings is 1. The predicted octanol–water partition coefficient (Wildman–Crippen LogP) is 3.15. The first-order valence-electron chi connectivity index (χ1n) is 10.4. The summed E-state index contributed by atoms with van der Waals surface area (Å²) < 4.78 is 3.33. The molecule has 4 rings (SSSR count). The van der Waals surface area contributed by atoms with Crippen molar-refractivity contribution in [3.63, 3.8) is 0 Å². The van der Waals surface area contributed by atoms with Crippen molar-refractivity contribution in [2.45, 2.75) is 19.8 Å². The van der Waals surface area contributed by atoms with Gasteiger partial charge in [-0.3, -0.25) is 19.1 Å². The molecule has 0 saturated carbocycles. The summed E-state index contributed by atoms with van der Waals surface area (Å²) >= 11 is 0. The molecule has 0 bridgehead atoms. The second-order valence-corrected chi connectivity index (χ2v) is 7.90. The van der Waals surface area contributed by atoms with Crippen LogP contribution in [0.5, 0.6) is 0 Å². The van der Waals surface area contributed by atoms with Gasteiger partial charge in [-0.2, -0.15) is 0 Å². The van der Waals surface area contributed by atoms with Gasteiger partial charge in [-0.05, 0) is 56.2 Å². The first-order chi connectivity index (χ1) is 15.0. The molecule has 1 aliphatic rings. The maximum atomic E-state index is 13.0. The van der Waals surface area contributed by atoms with Crippen molar-refractivity contribution in [1.29, 1.82) is 0 Å². The Labute approximate surface area is 180 Å². The van der Waals surface area contributed by atoms with Crippen LogP contribution in [0, 0.1) is 12.8 Å². The minimum absolute atomic E-state index is 0.109. The van der Waals surface area contributed by atoms with Gasteiger partial charge in [-0.15, -0.1) is 0 Å². The molecule has 3 aromatic rings. The Morgan fingerprint density at radius 2 is 1.65 bits per heavy atom. The molecule has 0 aliphatic carbocycles. The van der Waals surface area contributed by atoms with E-state index in [-0.39, 0.29) is 17.4 Å². The topological polar surface area (TPSA) is 76.3 Å². The number of nitrogens with one attached hydrogen (secondary N) is 1. The smallest absolute Gasteiger partial charge is 0.295 e. The molecule has 1 amide bonds. The lowest BCUT2D eigenvalue weighted by molar-refractivity contribution is -0.120. The molecule has 1 fully saturated rings. The van der Waals surface area contributed by atoms with E-state index >= 15 is 0 Å². The van der Waals surface area contributed by atoms with E-state index in [2.05, 4.69) is 10.2 Å². The zero-order chi connectivity index (χ0) is 22.0. The average Bonchev–Trinajstić information content (AvgIpc) is 3.02. The number of anilines is 2. The Morgan fingerprint density at radius 3 is 2.26 bits per heavy atom. The van der Waals surface area contributed by atoms with E-state index < -0.39 is 0 Å². The van der Waals surface area contributed by atoms with Crippen LogP contribution >= 0.6 is 0 Å². The molecule has 2 aromatic carbocycles. The predicted molar refractivity (Wildman–Crippen MR) is 121 cm³/mol. The Kier molecular flexibility index (Phi) is 5.75. The fourth-order valence-corrected chi connectivity index (χ4v) is 4.10. The minimum atomic E-state index is -0.229. The molecule has 7 nitrogen and oxygen atoms in total. The summed E-state index contributed by atoms with van der Waals surface area (Å²) in [5, 5.41) is 2.90. The number of para-hydroxylation sites is 1. The number of carbonyl (C=O) groups is 2. The van der Waals surface area contributed by atoms with E-state index in [1.54, 1.807) is 21.5 Å². The highest BCUT2D eigenvalue weighted by atomic mass is 16.2. The fourth-order valence-electron chi connectivity index (χ4n) is 4.10. The zero-order valence-electron chi connectivity index (χ0n) is 17.7. The van der Waals surface area contributed by atoms with E-state index in [4.69, 9.17) is 0 Å². The number of amides is 1. The number of aldehydes is 1. The first-order valence-corrected chi connectivity index (χ1v) is 10.4. The van der Waals surface area contributed by atoms with Crippen molar-refractivity contribution >= 4 is 23.6 Å².